The van der Waals surface area contributed by atoms with Gasteiger partial charge >= 0.3 is 0 Å². The van der Waals surface area contributed by atoms with Gasteiger partial charge in [-0.2, -0.15) is 5.10 Å². The summed E-state index contributed by atoms with van der Waals surface area (Å²) in [4.78, 5) is 16.9. The Labute approximate surface area is 176 Å². The predicted molar refractivity (Wildman–Crippen MR) is 110 cm³/mol. The summed E-state index contributed by atoms with van der Waals surface area (Å²) in [5, 5.41) is 7.68. The zero-order chi connectivity index (χ0) is 21.4. The van der Waals surface area contributed by atoms with Gasteiger partial charge in [0.05, 0.1) is 24.4 Å². The SMILES string of the molecule is Cc1cc2n(n1)[C@@H](C(F)F)C[C@@H](C1CCN(C(=O)CN3C[C@@H](C)O[C@H](C)C3)CC1)N2. The maximum Gasteiger partial charge on any atom is 0.260 e. The minimum absolute atomic E-state index is 0.00852. The Bertz CT molecular complexity index is 740. The van der Waals surface area contributed by atoms with Gasteiger partial charge < -0.3 is 15.0 Å². The molecule has 1 aromatic rings. The van der Waals surface area contributed by atoms with Crippen LogP contribution < -0.4 is 5.32 Å². The molecule has 0 unspecified atom stereocenters. The summed E-state index contributed by atoms with van der Waals surface area (Å²) in [6.07, 6.45) is -0.111. The van der Waals surface area contributed by atoms with E-state index in [-0.39, 0.29) is 30.1 Å². The maximum absolute atomic E-state index is 13.6. The highest BCUT2D eigenvalue weighted by atomic mass is 19.3. The third-order valence-corrected chi connectivity index (χ3v) is 6.61. The van der Waals surface area contributed by atoms with Crippen LogP contribution in [0.15, 0.2) is 6.07 Å². The lowest BCUT2D eigenvalue weighted by Gasteiger charge is -2.41. The highest BCUT2D eigenvalue weighted by Gasteiger charge is 2.38. The van der Waals surface area contributed by atoms with E-state index in [0.717, 1.165) is 31.6 Å². The first-order valence-electron chi connectivity index (χ1n) is 11.1. The van der Waals surface area contributed by atoms with Crippen LogP contribution in [-0.4, -0.2) is 82.9 Å². The molecule has 3 aliphatic heterocycles. The summed E-state index contributed by atoms with van der Waals surface area (Å²) >= 11 is 0. The third kappa shape index (κ3) is 4.61. The molecule has 0 aromatic carbocycles. The minimum atomic E-state index is -2.44. The van der Waals surface area contributed by atoms with Crippen molar-refractivity contribution in [2.45, 2.75) is 70.8 Å². The molecule has 1 amide bonds. The second kappa shape index (κ2) is 8.78. The van der Waals surface area contributed by atoms with Gasteiger partial charge in [-0.15, -0.1) is 0 Å². The number of amides is 1. The van der Waals surface area contributed by atoms with Crippen molar-refractivity contribution >= 4 is 11.7 Å². The van der Waals surface area contributed by atoms with Crippen LogP contribution in [0.5, 0.6) is 0 Å². The monoisotopic (exact) mass is 425 g/mol. The summed E-state index contributed by atoms with van der Waals surface area (Å²) in [6, 6.07) is 0.945. The minimum Gasteiger partial charge on any atom is -0.373 e. The smallest absolute Gasteiger partial charge is 0.260 e. The average molecular weight is 426 g/mol. The molecule has 4 heterocycles. The van der Waals surface area contributed by atoms with Crippen molar-refractivity contribution in [3.63, 3.8) is 0 Å². The molecule has 9 heteroatoms. The number of hydrogen-bond acceptors (Lipinski definition) is 5. The number of rotatable bonds is 4. The van der Waals surface area contributed by atoms with Crippen LogP contribution in [-0.2, 0) is 9.53 Å². The van der Waals surface area contributed by atoms with Gasteiger partial charge in [0.15, 0.2) is 0 Å². The molecular formula is C21H33F2N5O2. The Morgan fingerprint density at radius 1 is 1.27 bits per heavy atom. The largest absolute Gasteiger partial charge is 0.373 e. The zero-order valence-electron chi connectivity index (χ0n) is 18.1. The molecule has 30 heavy (non-hydrogen) atoms. The molecule has 0 spiro atoms. The quantitative estimate of drug-likeness (QED) is 0.803. The number of likely N-dealkylation sites (tertiary alicyclic amines) is 1. The van der Waals surface area contributed by atoms with Crippen LogP contribution in [0, 0.1) is 12.8 Å². The molecule has 4 atom stereocenters. The number of piperidine rings is 1. The molecule has 0 aliphatic carbocycles. The molecular weight excluding hydrogens is 392 g/mol. The number of halogens is 2. The Hall–Kier alpha value is -1.74. The number of alkyl halides is 2. The van der Waals surface area contributed by atoms with Gasteiger partial charge in [-0.1, -0.05) is 0 Å². The second-order valence-corrected chi connectivity index (χ2v) is 9.17. The molecule has 1 aromatic heterocycles. The molecule has 168 valence electrons. The lowest BCUT2D eigenvalue weighted by atomic mass is 9.85. The molecule has 7 nitrogen and oxygen atoms in total. The topological polar surface area (TPSA) is 62.6 Å². The highest BCUT2D eigenvalue weighted by Crippen LogP contribution is 2.36. The zero-order valence-corrected chi connectivity index (χ0v) is 18.1. The number of hydrogen-bond donors (Lipinski definition) is 1. The number of ether oxygens (including phenoxy) is 1. The first-order chi connectivity index (χ1) is 14.3. The van der Waals surface area contributed by atoms with E-state index >= 15 is 0 Å². The molecule has 0 saturated carbocycles. The Morgan fingerprint density at radius 2 is 1.93 bits per heavy atom. The molecule has 4 rings (SSSR count). The predicted octanol–water partition coefficient (Wildman–Crippen LogP) is 2.53. The summed E-state index contributed by atoms with van der Waals surface area (Å²) < 4.78 is 34.5. The van der Waals surface area contributed by atoms with Gasteiger partial charge in [0.25, 0.3) is 6.43 Å². The van der Waals surface area contributed by atoms with Crippen LogP contribution in [0.1, 0.15) is 44.8 Å². The summed E-state index contributed by atoms with van der Waals surface area (Å²) in [7, 11) is 0. The fraction of sp³-hybridized carbons (Fsp3) is 0.810. The third-order valence-electron chi connectivity index (χ3n) is 6.61. The van der Waals surface area contributed by atoms with E-state index in [1.807, 2.05) is 31.7 Å². The normalized spacial score (nSPS) is 30.9. The lowest BCUT2D eigenvalue weighted by molar-refractivity contribution is -0.137. The first-order valence-corrected chi connectivity index (χ1v) is 11.1. The van der Waals surface area contributed by atoms with Crippen molar-refractivity contribution < 1.29 is 18.3 Å². The summed E-state index contributed by atoms with van der Waals surface area (Å²) in [5.41, 5.74) is 0.746. The molecule has 2 fully saturated rings. The van der Waals surface area contributed by atoms with Gasteiger partial charge in [-0.3, -0.25) is 9.69 Å². The average Bonchev–Trinajstić information content (AvgIpc) is 3.06. The number of anilines is 1. The van der Waals surface area contributed by atoms with E-state index in [0.29, 0.717) is 31.9 Å². The Kier molecular flexibility index (Phi) is 6.29. The number of nitrogens with one attached hydrogen (secondary N) is 1. The number of carbonyl (C=O) groups is 1. The molecule has 0 radical (unpaired) electrons. The number of morpholine rings is 1. The molecule has 1 N–H and O–H groups in total. The Morgan fingerprint density at radius 3 is 2.57 bits per heavy atom. The van der Waals surface area contributed by atoms with Crippen LogP contribution in [0.4, 0.5) is 14.6 Å². The van der Waals surface area contributed by atoms with Gasteiger partial charge in [-0.05, 0) is 46.0 Å². The van der Waals surface area contributed by atoms with E-state index in [1.54, 1.807) is 0 Å². The standard InChI is InChI=1S/C21H33F2N5O2/c1-13-8-19-24-17(9-18(21(22)23)28(19)25-13)16-4-6-27(7-5-16)20(29)12-26-10-14(2)30-15(3)11-26/h8,14-18,21,24H,4-7,9-12H2,1-3H3/t14-,15-,17+,18-/m1/s1. The highest BCUT2D eigenvalue weighted by molar-refractivity contribution is 5.78. The fourth-order valence-electron chi connectivity index (χ4n) is 5.26. The van der Waals surface area contributed by atoms with E-state index < -0.39 is 12.5 Å². The summed E-state index contributed by atoms with van der Waals surface area (Å²) in [5.74, 6) is 1.12. The van der Waals surface area contributed by atoms with E-state index in [2.05, 4.69) is 15.3 Å². The lowest BCUT2D eigenvalue weighted by Crippen LogP contribution is -2.51. The van der Waals surface area contributed by atoms with Gasteiger partial charge in [0.2, 0.25) is 5.91 Å². The number of carbonyl (C=O) groups excluding carboxylic acids is 1. The van der Waals surface area contributed by atoms with Gasteiger partial charge in [0.1, 0.15) is 11.9 Å². The summed E-state index contributed by atoms with van der Waals surface area (Å²) in [6.45, 7) is 9.26. The van der Waals surface area contributed by atoms with Crippen molar-refractivity contribution in [3.8, 4) is 0 Å². The number of aryl methyl sites for hydroxylation is 1. The molecule has 0 bridgehead atoms. The number of nitrogens with zero attached hydrogens (tertiary/aromatic N) is 4. The van der Waals surface area contributed by atoms with Crippen LogP contribution in [0.25, 0.3) is 0 Å². The van der Waals surface area contributed by atoms with E-state index in [1.165, 1.54) is 4.68 Å². The number of fused-ring (bicyclic) bond motifs is 1. The fourth-order valence-corrected chi connectivity index (χ4v) is 5.26. The second-order valence-electron chi connectivity index (χ2n) is 9.17. The van der Waals surface area contributed by atoms with Crippen LogP contribution in [0.3, 0.4) is 0 Å². The van der Waals surface area contributed by atoms with Gasteiger partial charge in [-0.25, -0.2) is 13.5 Å². The molecule has 2 saturated heterocycles. The van der Waals surface area contributed by atoms with Crippen molar-refractivity contribution in [3.05, 3.63) is 11.8 Å². The van der Waals surface area contributed by atoms with Crippen molar-refractivity contribution in [1.82, 2.24) is 19.6 Å². The first kappa shape index (κ1) is 21.5. The number of aromatic nitrogens is 2. The van der Waals surface area contributed by atoms with Crippen molar-refractivity contribution in [2.24, 2.45) is 5.92 Å². The maximum atomic E-state index is 13.6. The van der Waals surface area contributed by atoms with Crippen molar-refractivity contribution in [1.29, 1.82) is 0 Å². The van der Waals surface area contributed by atoms with E-state index in [4.69, 9.17) is 4.74 Å². The molecule has 3 aliphatic rings. The Balaban J connectivity index is 1.32. The van der Waals surface area contributed by atoms with Crippen LogP contribution >= 0.6 is 0 Å². The van der Waals surface area contributed by atoms with Crippen LogP contribution in [0.2, 0.25) is 0 Å². The van der Waals surface area contributed by atoms with Crippen molar-refractivity contribution in [2.75, 3.05) is 38.0 Å². The van der Waals surface area contributed by atoms with E-state index in [9.17, 15) is 13.6 Å². The van der Waals surface area contributed by atoms with Gasteiger partial charge in [0, 0.05) is 38.3 Å².